The summed E-state index contributed by atoms with van der Waals surface area (Å²) >= 11 is 0. The lowest BCUT2D eigenvalue weighted by molar-refractivity contribution is 0.193. The second-order valence-corrected chi connectivity index (χ2v) is 6.36. The molecule has 1 aromatic heterocycles. The summed E-state index contributed by atoms with van der Waals surface area (Å²) in [5.74, 6) is 2.03. The van der Waals surface area contributed by atoms with Crippen LogP contribution in [0.15, 0.2) is 28.8 Å². The molecule has 0 spiro atoms. The molecule has 0 saturated carbocycles. The van der Waals surface area contributed by atoms with E-state index in [1.165, 1.54) is 0 Å². The van der Waals surface area contributed by atoms with E-state index in [0.717, 1.165) is 12.8 Å². The lowest BCUT2D eigenvalue weighted by atomic mass is 10.2. The van der Waals surface area contributed by atoms with Gasteiger partial charge in [-0.05, 0) is 31.9 Å². The van der Waals surface area contributed by atoms with E-state index in [9.17, 15) is 4.79 Å². The number of nitrogens with one attached hydrogen (secondary N) is 1. The minimum absolute atomic E-state index is 0.181. The van der Waals surface area contributed by atoms with Gasteiger partial charge in [0.1, 0.15) is 11.8 Å². The second kappa shape index (κ2) is 7.55. The van der Waals surface area contributed by atoms with E-state index in [4.69, 9.17) is 9.26 Å². The highest BCUT2D eigenvalue weighted by Crippen LogP contribution is 2.33. The molecular weight excluding hydrogens is 320 g/mol. The van der Waals surface area contributed by atoms with Gasteiger partial charge >= 0.3 is 6.03 Å². The fraction of sp³-hybridized carbons (Fsp3) is 0.500. The Hall–Kier alpha value is -2.57. The Kier molecular flexibility index (Phi) is 5.21. The normalized spacial score (nSPS) is 17.1. The molecule has 0 unspecified atom stereocenters. The maximum absolute atomic E-state index is 12.8. The standard InChI is InChI=1S/C18H24N4O3/c1-4-24-15-10-6-5-8-13(15)19-18(23)22-11-7-9-14(22)17-20-16(12(2)3)21-25-17/h5-6,8,10,12,14H,4,7,9,11H2,1-3H3,(H,19,23)/t14-/m1/s1. The Morgan fingerprint density at radius 1 is 1.44 bits per heavy atom. The molecule has 0 bridgehead atoms. The van der Waals surface area contributed by atoms with Crippen LogP contribution in [0.5, 0.6) is 5.75 Å². The van der Waals surface area contributed by atoms with Gasteiger partial charge < -0.3 is 19.5 Å². The molecule has 134 valence electrons. The summed E-state index contributed by atoms with van der Waals surface area (Å²) in [4.78, 5) is 19.0. The average Bonchev–Trinajstić information content (AvgIpc) is 3.25. The summed E-state index contributed by atoms with van der Waals surface area (Å²) in [6.45, 7) is 7.14. The monoisotopic (exact) mass is 344 g/mol. The molecule has 7 heteroatoms. The third-order valence-corrected chi connectivity index (χ3v) is 4.20. The lowest BCUT2D eigenvalue weighted by Crippen LogP contribution is -2.34. The molecule has 2 amide bonds. The van der Waals surface area contributed by atoms with Crippen LogP contribution < -0.4 is 10.1 Å². The average molecular weight is 344 g/mol. The first-order valence-corrected chi connectivity index (χ1v) is 8.73. The van der Waals surface area contributed by atoms with E-state index in [2.05, 4.69) is 15.5 Å². The van der Waals surface area contributed by atoms with Crippen molar-refractivity contribution in [3.63, 3.8) is 0 Å². The van der Waals surface area contributed by atoms with E-state index in [-0.39, 0.29) is 18.0 Å². The number of para-hydroxylation sites is 2. The molecule has 1 aromatic carbocycles. The molecule has 0 aliphatic carbocycles. The number of hydrogen-bond acceptors (Lipinski definition) is 5. The van der Waals surface area contributed by atoms with Gasteiger partial charge in [0.05, 0.1) is 12.3 Å². The van der Waals surface area contributed by atoms with Crippen molar-refractivity contribution in [3.8, 4) is 5.75 Å². The zero-order valence-electron chi connectivity index (χ0n) is 14.9. The lowest BCUT2D eigenvalue weighted by Gasteiger charge is -2.23. The van der Waals surface area contributed by atoms with Gasteiger partial charge in [0.2, 0.25) is 5.89 Å². The predicted molar refractivity (Wildman–Crippen MR) is 93.7 cm³/mol. The van der Waals surface area contributed by atoms with E-state index in [1.54, 1.807) is 4.90 Å². The van der Waals surface area contributed by atoms with Crippen molar-refractivity contribution in [1.82, 2.24) is 15.0 Å². The van der Waals surface area contributed by atoms with Crippen molar-refractivity contribution in [2.45, 2.75) is 45.6 Å². The molecular formula is C18H24N4O3. The van der Waals surface area contributed by atoms with Gasteiger partial charge in [-0.1, -0.05) is 31.1 Å². The van der Waals surface area contributed by atoms with Crippen LogP contribution in [0.2, 0.25) is 0 Å². The third kappa shape index (κ3) is 3.75. The number of carbonyl (C=O) groups excluding carboxylic acids is 1. The summed E-state index contributed by atoms with van der Waals surface area (Å²) < 4.78 is 11.0. The van der Waals surface area contributed by atoms with Crippen molar-refractivity contribution >= 4 is 11.7 Å². The highest BCUT2D eigenvalue weighted by atomic mass is 16.5. The van der Waals surface area contributed by atoms with Gasteiger partial charge in [-0.2, -0.15) is 4.98 Å². The minimum atomic E-state index is -0.182. The van der Waals surface area contributed by atoms with E-state index < -0.39 is 0 Å². The number of likely N-dealkylation sites (tertiary alicyclic amines) is 1. The van der Waals surface area contributed by atoms with E-state index >= 15 is 0 Å². The summed E-state index contributed by atoms with van der Waals surface area (Å²) in [5, 5.41) is 6.95. The molecule has 25 heavy (non-hydrogen) atoms. The Morgan fingerprint density at radius 2 is 2.24 bits per heavy atom. The zero-order valence-corrected chi connectivity index (χ0v) is 14.9. The van der Waals surface area contributed by atoms with E-state index in [0.29, 0.717) is 36.3 Å². The number of ether oxygens (including phenoxy) is 1. The topological polar surface area (TPSA) is 80.5 Å². The Labute approximate surface area is 147 Å². The fourth-order valence-electron chi connectivity index (χ4n) is 2.92. The van der Waals surface area contributed by atoms with Crippen LogP contribution in [-0.2, 0) is 0 Å². The molecule has 1 aliphatic heterocycles. The number of urea groups is 1. The van der Waals surface area contributed by atoms with Crippen molar-refractivity contribution in [2.24, 2.45) is 0 Å². The molecule has 2 aromatic rings. The van der Waals surface area contributed by atoms with Crippen molar-refractivity contribution in [3.05, 3.63) is 36.0 Å². The van der Waals surface area contributed by atoms with Crippen LogP contribution in [-0.4, -0.2) is 34.2 Å². The fourth-order valence-corrected chi connectivity index (χ4v) is 2.92. The number of amides is 2. The van der Waals surface area contributed by atoms with Crippen LogP contribution in [0.3, 0.4) is 0 Å². The number of nitrogens with zero attached hydrogens (tertiary/aromatic N) is 3. The van der Waals surface area contributed by atoms with Gasteiger partial charge in [-0.25, -0.2) is 4.79 Å². The molecule has 7 nitrogen and oxygen atoms in total. The number of carbonyl (C=O) groups is 1. The number of anilines is 1. The summed E-state index contributed by atoms with van der Waals surface area (Å²) in [6.07, 6.45) is 1.73. The highest BCUT2D eigenvalue weighted by molar-refractivity contribution is 5.91. The number of benzene rings is 1. The number of rotatable bonds is 5. The molecule has 1 atom stereocenters. The molecule has 1 saturated heterocycles. The van der Waals surface area contributed by atoms with Gasteiger partial charge in [-0.15, -0.1) is 0 Å². The summed E-state index contributed by atoms with van der Waals surface area (Å²) in [5.41, 5.74) is 0.661. The van der Waals surface area contributed by atoms with Gasteiger partial charge in [0.25, 0.3) is 0 Å². The number of hydrogen-bond donors (Lipinski definition) is 1. The SMILES string of the molecule is CCOc1ccccc1NC(=O)N1CCC[C@@H]1c1nc(C(C)C)no1. The first kappa shape index (κ1) is 17.3. The maximum atomic E-state index is 12.8. The largest absolute Gasteiger partial charge is 0.492 e. The van der Waals surface area contributed by atoms with Gasteiger partial charge in [0.15, 0.2) is 5.82 Å². The summed E-state index contributed by atoms with van der Waals surface area (Å²) in [7, 11) is 0. The van der Waals surface area contributed by atoms with Crippen LogP contribution in [0.25, 0.3) is 0 Å². The van der Waals surface area contributed by atoms with Crippen molar-refractivity contribution < 1.29 is 14.1 Å². The molecule has 0 radical (unpaired) electrons. The van der Waals surface area contributed by atoms with Crippen molar-refractivity contribution in [1.29, 1.82) is 0 Å². The van der Waals surface area contributed by atoms with Crippen LogP contribution in [0.1, 0.15) is 57.3 Å². The first-order chi connectivity index (χ1) is 12.1. The van der Waals surface area contributed by atoms with Crippen LogP contribution >= 0.6 is 0 Å². The Balaban J connectivity index is 1.74. The number of aromatic nitrogens is 2. The zero-order chi connectivity index (χ0) is 17.8. The third-order valence-electron chi connectivity index (χ3n) is 4.20. The van der Waals surface area contributed by atoms with Gasteiger partial charge in [0, 0.05) is 12.5 Å². The molecule has 1 aliphatic rings. The first-order valence-electron chi connectivity index (χ1n) is 8.73. The minimum Gasteiger partial charge on any atom is -0.492 e. The molecule has 3 rings (SSSR count). The van der Waals surface area contributed by atoms with Gasteiger partial charge in [-0.3, -0.25) is 0 Å². The molecule has 2 heterocycles. The Bertz CT molecular complexity index is 729. The van der Waals surface area contributed by atoms with Crippen molar-refractivity contribution in [2.75, 3.05) is 18.5 Å². The predicted octanol–water partition coefficient (Wildman–Crippen LogP) is 3.96. The Morgan fingerprint density at radius 3 is 2.96 bits per heavy atom. The smallest absolute Gasteiger partial charge is 0.322 e. The second-order valence-electron chi connectivity index (χ2n) is 6.36. The summed E-state index contributed by atoms with van der Waals surface area (Å²) in [6, 6.07) is 7.06. The molecule has 1 fully saturated rings. The molecule has 1 N–H and O–H groups in total. The van der Waals surface area contributed by atoms with Crippen LogP contribution in [0, 0.1) is 0 Å². The van der Waals surface area contributed by atoms with Crippen LogP contribution in [0.4, 0.5) is 10.5 Å². The quantitative estimate of drug-likeness (QED) is 0.888. The van der Waals surface area contributed by atoms with E-state index in [1.807, 2.05) is 45.0 Å². The maximum Gasteiger partial charge on any atom is 0.322 e. The highest BCUT2D eigenvalue weighted by Gasteiger charge is 2.34.